The maximum atomic E-state index is 12.6. The Hall–Kier alpha value is -1.56. The Balaban J connectivity index is 1.70. The molecule has 1 aromatic heterocycles. The molecule has 0 bridgehead atoms. The summed E-state index contributed by atoms with van der Waals surface area (Å²) >= 11 is 1.61. The van der Waals surface area contributed by atoms with Gasteiger partial charge in [0.05, 0.1) is 0 Å². The zero-order chi connectivity index (χ0) is 14.9. The third-order valence-electron chi connectivity index (χ3n) is 4.39. The predicted molar refractivity (Wildman–Crippen MR) is 80.3 cm³/mol. The van der Waals surface area contributed by atoms with Crippen LogP contribution in [0.15, 0.2) is 16.8 Å². The molecule has 6 heteroatoms. The molecule has 2 saturated carbocycles. The van der Waals surface area contributed by atoms with Gasteiger partial charge in [-0.1, -0.05) is 12.8 Å². The van der Waals surface area contributed by atoms with E-state index < -0.39 is 11.5 Å². The van der Waals surface area contributed by atoms with Crippen molar-refractivity contribution < 1.29 is 14.7 Å². The lowest BCUT2D eigenvalue weighted by atomic mass is 9.98. The summed E-state index contributed by atoms with van der Waals surface area (Å²) in [4.78, 5) is 25.9. The minimum atomic E-state index is -1.06. The Morgan fingerprint density at radius 2 is 2.10 bits per heavy atom. The first-order valence-electron chi connectivity index (χ1n) is 7.44. The summed E-state index contributed by atoms with van der Waals surface area (Å²) in [6.07, 6.45) is 4.81. The normalized spacial score (nSPS) is 20.2. The maximum Gasteiger partial charge on any atom is 0.329 e. The zero-order valence-electron chi connectivity index (χ0n) is 11.9. The number of thiophene rings is 1. The van der Waals surface area contributed by atoms with Crippen LogP contribution in [0.5, 0.6) is 0 Å². The van der Waals surface area contributed by atoms with Gasteiger partial charge in [0.2, 0.25) is 0 Å². The van der Waals surface area contributed by atoms with Crippen LogP contribution in [0.25, 0.3) is 0 Å². The van der Waals surface area contributed by atoms with Gasteiger partial charge in [-0.15, -0.1) is 0 Å². The molecule has 2 N–H and O–H groups in total. The average Bonchev–Trinajstić information content (AvgIpc) is 2.97. The number of amides is 2. The Bertz CT molecular complexity index is 519. The number of nitrogens with zero attached hydrogens (tertiary/aromatic N) is 1. The highest BCUT2D eigenvalue weighted by atomic mass is 32.1. The van der Waals surface area contributed by atoms with Crippen LogP contribution in [-0.2, 0) is 11.3 Å². The van der Waals surface area contributed by atoms with Crippen molar-refractivity contribution in [3.63, 3.8) is 0 Å². The molecule has 2 fully saturated rings. The summed E-state index contributed by atoms with van der Waals surface area (Å²) in [5.74, 6) is -0.903. The molecule has 2 aliphatic rings. The first kappa shape index (κ1) is 14.4. The standard InChI is InChI=1S/C15H20N2O3S/c18-13(19)15(6-1-2-7-15)16-14(20)17(12-3-4-12)9-11-5-8-21-10-11/h5,8,10,12H,1-4,6-7,9H2,(H,16,20)(H,18,19). The van der Waals surface area contributed by atoms with E-state index in [1.54, 1.807) is 16.2 Å². The van der Waals surface area contributed by atoms with E-state index in [9.17, 15) is 14.7 Å². The monoisotopic (exact) mass is 308 g/mol. The summed E-state index contributed by atoms with van der Waals surface area (Å²) in [6, 6.07) is 2.04. The topological polar surface area (TPSA) is 69.6 Å². The van der Waals surface area contributed by atoms with Crippen molar-refractivity contribution in [1.29, 1.82) is 0 Å². The highest BCUT2D eigenvalue weighted by Crippen LogP contribution is 2.32. The Morgan fingerprint density at radius 3 is 2.62 bits per heavy atom. The molecular formula is C15H20N2O3S. The van der Waals surface area contributed by atoms with E-state index in [1.165, 1.54) is 0 Å². The fourth-order valence-electron chi connectivity index (χ4n) is 2.98. The summed E-state index contributed by atoms with van der Waals surface area (Å²) < 4.78 is 0. The molecule has 0 atom stereocenters. The van der Waals surface area contributed by atoms with E-state index in [0.29, 0.717) is 19.4 Å². The smallest absolute Gasteiger partial charge is 0.329 e. The van der Waals surface area contributed by atoms with Crippen molar-refractivity contribution in [2.24, 2.45) is 0 Å². The largest absolute Gasteiger partial charge is 0.480 e. The molecule has 21 heavy (non-hydrogen) atoms. The molecule has 5 nitrogen and oxygen atoms in total. The molecule has 0 unspecified atom stereocenters. The van der Waals surface area contributed by atoms with Crippen LogP contribution >= 0.6 is 11.3 Å². The summed E-state index contributed by atoms with van der Waals surface area (Å²) in [5.41, 5.74) is 0.0524. The van der Waals surface area contributed by atoms with Crippen LogP contribution in [-0.4, -0.2) is 33.6 Å². The molecule has 1 aromatic rings. The van der Waals surface area contributed by atoms with Crippen LogP contribution in [0.2, 0.25) is 0 Å². The molecule has 1 heterocycles. The number of carboxylic acids is 1. The lowest BCUT2D eigenvalue weighted by Crippen LogP contribution is -2.56. The van der Waals surface area contributed by atoms with E-state index in [1.807, 2.05) is 16.8 Å². The molecule has 0 aromatic carbocycles. The highest BCUT2D eigenvalue weighted by molar-refractivity contribution is 7.07. The number of urea groups is 1. The number of hydrogen-bond acceptors (Lipinski definition) is 3. The lowest BCUT2D eigenvalue weighted by molar-refractivity contribution is -0.144. The van der Waals surface area contributed by atoms with Crippen LogP contribution in [0.3, 0.4) is 0 Å². The first-order valence-corrected chi connectivity index (χ1v) is 8.38. The van der Waals surface area contributed by atoms with Gasteiger partial charge in [0, 0.05) is 12.6 Å². The third-order valence-corrected chi connectivity index (χ3v) is 5.13. The van der Waals surface area contributed by atoms with Crippen molar-refractivity contribution in [3.8, 4) is 0 Å². The molecule has 3 rings (SSSR count). The van der Waals surface area contributed by atoms with Crippen molar-refractivity contribution in [2.75, 3.05) is 0 Å². The van der Waals surface area contributed by atoms with E-state index in [0.717, 1.165) is 31.2 Å². The quantitative estimate of drug-likeness (QED) is 0.879. The zero-order valence-corrected chi connectivity index (χ0v) is 12.7. The van der Waals surface area contributed by atoms with E-state index in [4.69, 9.17) is 0 Å². The van der Waals surface area contributed by atoms with Gasteiger partial charge < -0.3 is 15.3 Å². The number of carbonyl (C=O) groups excluding carboxylic acids is 1. The SMILES string of the molecule is O=C(NC1(C(=O)O)CCCC1)N(Cc1ccsc1)C1CC1. The molecule has 0 aliphatic heterocycles. The van der Waals surface area contributed by atoms with Gasteiger partial charge >= 0.3 is 12.0 Å². The molecule has 0 spiro atoms. The van der Waals surface area contributed by atoms with Crippen molar-refractivity contribution in [1.82, 2.24) is 10.2 Å². The second-order valence-corrected chi connectivity index (χ2v) is 6.80. The molecule has 2 amide bonds. The Morgan fingerprint density at radius 1 is 1.38 bits per heavy atom. The number of rotatable bonds is 5. The maximum absolute atomic E-state index is 12.6. The summed E-state index contributed by atoms with van der Waals surface area (Å²) in [7, 11) is 0. The van der Waals surface area contributed by atoms with Crippen LogP contribution in [0.1, 0.15) is 44.1 Å². The van der Waals surface area contributed by atoms with Crippen molar-refractivity contribution in [3.05, 3.63) is 22.4 Å². The van der Waals surface area contributed by atoms with Gasteiger partial charge in [0.1, 0.15) is 5.54 Å². The minimum absolute atomic E-state index is 0.229. The summed E-state index contributed by atoms with van der Waals surface area (Å²) in [5, 5.41) is 16.3. The van der Waals surface area contributed by atoms with Crippen LogP contribution < -0.4 is 5.32 Å². The second kappa shape index (κ2) is 5.67. The number of carboxylic acid groups (broad SMARTS) is 1. The van der Waals surface area contributed by atoms with Gasteiger partial charge in [0.25, 0.3) is 0 Å². The third kappa shape index (κ3) is 3.05. The minimum Gasteiger partial charge on any atom is -0.480 e. The lowest BCUT2D eigenvalue weighted by Gasteiger charge is -2.30. The average molecular weight is 308 g/mol. The van der Waals surface area contributed by atoms with Gasteiger partial charge in [-0.05, 0) is 48.1 Å². The van der Waals surface area contributed by atoms with E-state index in [2.05, 4.69) is 5.32 Å². The fourth-order valence-corrected chi connectivity index (χ4v) is 3.64. The molecule has 114 valence electrons. The van der Waals surface area contributed by atoms with Gasteiger partial charge in [0.15, 0.2) is 0 Å². The molecule has 2 aliphatic carbocycles. The number of hydrogen-bond donors (Lipinski definition) is 2. The number of nitrogens with one attached hydrogen (secondary N) is 1. The molecular weight excluding hydrogens is 288 g/mol. The fraction of sp³-hybridized carbons (Fsp3) is 0.600. The van der Waals surface area contributed by atoms with Gasteiger partial charge in [-0.25, -0.2) is 9.59 Å². The predicted octanol–water partition coefficient (Wildman–Crippen LogP) is 2.82. The van der Waals surface area contributed by atoms with Gasteiger partial charge in [-0.2, -0.15) is 11.3 Å². The van der Waals surface area contributed by atoms with E-state index >= 15 is 0 Å². The number of aliphatic carboxylic acids is 1. The van der Waals surface area contributed by atoms with Crippen LogP contribution in [0, 0.1) is 0 Å². The molecule has 0 saturated heterocycles. The Kier molecular flexibility index (Phi) is 3.89. The van der Waals surface area contributed by atoms with Crippen molar-refractivity contribution in [2.45, 2.75) is 56.7 Å². The summed E-state index contributed by atoms with van der Waals surface area (Å²) in [6.45, 7) is 0.565. The first-order chi connectivity index (χ1) is 10.1. The van der Waals surface area contributed by atoms with E-state index in [-0.39, 0.29) is 12.1 Å². The molecule has 0 radical (unpaired) electrons. The second-order valence-electron chi connectivity index (χ2n) is 6.02. The van der Waals surface area contributed by atoms with Crippen molar-refractivity contribution >= 4 is 23.3 Å². The Labute approximate surface area is 128 Å². The highest BCUT2D eigenvalue weighted by Gasteiger charge is 2.44. The van der Waals surface area contributed by atoms with Gasteiger partial charge in [-0.3, -0.25) is 0 Å². The van der Waals surface area contributed by atoms with Crippen LogP contribution in [0.4, 0.5) is 4.79 Å². The number of carbonyl (C=O) groups is 2.